The summed E-state index contributed by atoms with van der Waals surface area (Å²) in [4.78, 5) is 0. The van der Waals surface area contributed by atoms with Crippen molar-refractivity contribution in [1.29, 1.82) is 0 Å². The van der Waals surface area contributed by atoms with Crippen LogP contribution < -0.4 is 5.73 Å². The number of nitrogen functional groups attached to an aromatic ring is 1. The van der Waals surface area contributed by atoms with E-state index in [0.29, 0.717) is 0 Å². The number of hydrogen-bond donors (Lipinski definition) is 1. The lowest BCUT2D eigenvalue weighted by atomic mass is 10.1. The minimum atomic E-state index is 0.800. The fourth-order valence-corrected chi connectivity index (χ4v) is 2.63. The highest BCUT2D eigenvalue weighted by molar-refractivity contribution is 7.23. The van der Waals surface area contributed by atoms with Gasteiger partial charge in [-0.3, -0.25) is 0 Å². The first kappa shape index (κ1) is 8.85. The Morgan fingerprint density at radius 2 is 2.23 bits per heavy atom. The molecular formula is C10H10ClNS. The van der Waals surface area contributed by atoms with E-state index in [2.05, 4.69) is 13.0 Å². The third kappa shape index (κ3) is 1.40. The summed E-state index contributed by atoms with van der Waals surface area (Å²) in [5, 5.41) is 2.84. The van der Waals surface area contributed by atoms with Gasteiger partial charge in [-0.05, 0) is 29.5 Å². The molecule has 13 heavy (non-hydrogen) atoms. The number of fused-ring (bicyclic) bond motifs is 1. The second-order valence-electron chi connectivity index (χ2n) is 2.95. The average Bonchev–Trinajstić information content (AvgIpc) is 2.48. The van der Waals surface area contributed by atoms with Crippen LogP contribution in [0.25, 0.3) is 10.1 Å². The molecule has 0 spiro atoms. The van der Waals surface area contributed by atoms with E-state index >= 15 is 0 Å². The van der Waals surface area contributed by atoms with E-state index in [-0.39, 0.29) is 0 Å². The van der Waals surface area contributed by atoms with E-state index in [4.69, 9.17) is 17.3 Å². The summed E-state index contributed by atoms with van der Waals surface area (Å²) in [5.41, 5.74) is 7.06. The molecule has 0 saturated carbocycles. The monoisotopic (exact) mass is 211 g/mol. The normalized spacial score (nSPS) is 10.9. The zero-order valence-corrected chi connectivity index (χ0v) is 8.88. The molecule has 1 nitrogen and oxygen atoms in total. The molecule has 1 aromatic carbocycles. The Bertz CT molecular complexity index is 447. The fourth-order valence-electron chi connectivity index (χ4n) is 1.47. The zero-order valence-electron chi connectivity index (χ0n) is 7.30. The number of anilines is 1. The van der Waals surface area contributed by atoms with Crippen molar-refractivity contribution in [1.82, 2.24) is 0 Å². The van der Waals surface area contributed by atoms with Gasteiger partial charge in [0.25, 0.3) is 0 Å². The molecule has 0 radical (unpaired) electrons. The number of benzene rings is 1. The summed E-state index contributed by atoms with van der Waals surface area (Å²) < 4.78 is 1.11. The Morgan fingerprint density at radius 3 is 2.92 bits per heavy atom. The molecule has 0 aliphatic heterocycles. The number of nitrogens with two attached hydrogens (primary N) is 1. The van der Waals surface area contributed by atoms with Crippen LogP contribution in [0.4, 0.5) is 5.00 Å². The Labute approximate surface area is 86.1 Å². The molecular weight excluding hydrogens is 202 g/mol. The average molecular weight is 212 g/mol. The second-order valence-corrected chi connectivity index (χ2v) is 4.44. The van der Waals surface area contributed by atoms with Gasteiger partial charge in [-0.15, -0.1) is 11.3 Å². The summed E-state index contributed by atoms with van der Waals surface area (Å²) in [6, 6.07) is 6.01. The standard InChI is InChI=1S/C10H10ClNS/c1-2-6-3-4-8(11)10-7(6)5-9(12)13-10/h3-5H,2,12H2,1H3. The van der Waals surface area contributed by atoms with Crippen molar-refractivity contribution in [3.8, 4) is 0 Å². The van der Waals surface area contributed by atoms with Gasteiger partial charge in [0.2, 0.25) is 0 Å². The van der Waals surface area contributed by atoms with Crippen molar-refractivity contribution in [2.45, 2.75) is 13.3 Å². The molecule has 0 amide bonds. The maximum Gasteiger partial charge on any atom is 0.0869 e. The molecule has 1 aromatic heterocycles. The number of aryl methyl sites for hydroxylation is 1. The summed E-state index contributed by atoms with van der Waals surface area (Å²) in [5.74, 6) is 0. The number of thiophene rings is 1. The van der Waals surface area contributed by atoms with Crippen LogP contribution in [0.5, 0.6) is 0 Å². The van der Waals surface area contributed by atoms with Gasteiger partial charge in [-0.1, -0.05) is 24.6 Å². The molecule has 3 heteroatoms. The summed E-state index contributed by atoms with van der Waals surface area (Å²) in [6.45, 7) is 2.14. The lowest BCUT2D eigenvalue weighted by Gasteiger charge is -1.99. The van der Waals surface area contributed by atoms with Gasteiger partial charge in [0.05, 0.1) is 14.7 Å². The van der Waals surface area contributed by atoms with Crippen LogP contribution in [-0.2, 0) is 6.42 Å². The summed E-state index contributed by atoms with van der Waals surface area (Å²) in [6.07, 6.45) is 1.02. The maximum absolute atomic E-state index is 6.05. The highest BCUT2D eigenvalue weighted by Gasteiger charge is 2.06. The van der Waals surface area contributed by atoms with Crippen LogP contribution in [-0.4, -0.2) is 0 Å². The van der Waals surface area contributed by atoms with E-state index in [9.17, 15) is 0 Å². The first-order valence-electron chi connectivity index (χ1n) is 4.18. The predicted molar refractivity (Wildman–Crippen MR) is 60.6 cm³/mol. The Kier molecular flexibility index (Phi) is 2.18. The smallest absolute Gasteiger partial charge is 0.0869 e. The van der Waals surface area contributed by atoms with Crippen LogP contribution in [0, 0.1) is 0 Å². The van der Waals surface area contributed by atoms with Gasteiger partial charge in [0.1, 0.15) is 0 Å². The molecule has 2 N–H and O–H groups in total. The zero-order chi connectivity index (χ0) is 9.42. The maximum atomic E-state index is 6.05. The lowest BCUT2D eigenvalue weighted by Crippen LogP contribution is -1.80. The van der Waals surface area contributed by atoms with Crippen LogP contribution in [0.15, 0.2) is 18.2 Å². The highest BCUT2D eigenvalue weighted by atomic mass is 35.5. The van der Waals surface area contributed by atoms with Gasteiger partial charge in [-0.2, -0.15) is 0 Å². The van der Waals surface area contributed by atoms with Crippen LogP contribution >= 0.6 is 22.9 Å². The van der Waals surface area contributed by atoms with Crippen LogP contribution in [0.1, 0.15) is 12.5 Å². The van der Waals surface area contributed by atoms with Gasteiger partial charge < -0.3 is 5.73 Å². The highest BCUT2D eigenvalue weighted by Crippen LogP contribution is 2.35. The van der Waals surface area contributed by atoms with E-state index in [1.54, 1.807) is 11.3 Å². The third-order valence-electron chi connectivity index (χ3n) is 2.13. The van der Waals surface area contributed by atoms with Crippen molar-refractivity contribution in [3.63, 3.8) is 0 Å². The van der Waals surface area contributed by atoms with Crippen molar-refractivity contribution in [2.24, 2.45) is 0 Å². The van der Waals surface area contributed by atoms with Gasteiger partial charge >= 0.3 is 0 Å². The fraction of sp³-hybridized carbons (Fsp3) is 0.200. The minimum Gasteiger partial charge on any atom is -0.391 e. The van der Waals surface area contributed by atoms with Crippen molar-refractivity contribution < 1.29 is 0 Å². The number of halogens is 1. The van der Waals surface area contributed by atoms with Gasteiger partial charge in [0.15, 0.2) is 0 Å². The predicted octanol–water partition coefficient (Wildman–Crippen LogP) is 3.70. The minimum absolute atomic E-state index is 0.800. The second kappa shape index (κ2) is 3.20. The largest absolute Gasteiger partial charge is 0.391 e. The van der Waals surface area contributed by atoms with Crippen LogP contribution in [0.3, 0.4) is 0 Å². The molecule has 0 aliphatic carbocycles. The third-order valence-corrected chi connectivity index (χ3v) is 3.55. The summed E-state index contributed by atoms with van der Waals surface area (Å²) >= 11 is 7.61. The molecule has 0 aliphatic rings. The van der Waals surface area contributed by atoms with Crippen molar-refractivity contribution >= 4 is 38.0 Å². The molecule has 68 valence electrons. The molecule has 0 atom stereocenters. The number of hydrogen-bond acceptors (Lipinski definition) is 2. The Morgan fingerprint density at radius 1 is 1.46 bits per heavy atom. The van der Waals surface area contributed by atoms with Crippen molar-refractivity contribution in [2.75, 3.05) is 5.73 Å². The Balaban J connectivity index is 2.83. The molecule has 0 bridgehead atoms. The molecule has 2 rings (SSSR count). The quantitative estimate of drug-likeness (QED) is 0.765. The SMILES string of the molecule is CCc1ccc(Cl)c2sc(N)cc12. The summed E-state index contributed by atoms with van der Waals surface area (Å²) in [7, 11) is 0. The van der Waals surface area contributed by atoms with E-state index in [1.807, 2.05) is 12.1 Å². The number of rotatable bonds is 1. The van der Waals surface area contributed by atoms with E-state index in [1.165, 1.54) is 10.9 Å². The molecule has 0 saturated heterocycles. The lowest BCUT2D eigenvalue weighted by molar-refractivity contribution is 1.16. The molecule has 2 aromatic rings. The van der Waals surface area contributed by atoms with Crippen LogP contribution in [0.2, 0.25) is 5.02 Å². The van der Waals surface area contributed by atoms with Gasteiger partial charge in [0, 0.05) is 0 Å². The van der Waals surface area contributed by atoms with E-state index < -0.39 is 0 Å². The topological polar surface area (TPSA) is 26.0 Å². The molecule has 1 heterocycles. The molecule has 0 fully saturated rings. The first-order valence-corrected chi connectivity index (χ1v) is 5.38. The van der Waals surface area contributed by atoms with Gasteiger partial charge in [-0.25, -0.2) is 0 Å². The first-order chi connectivity index (χ1) is 6.22. The Hall–Kier alpha value is -0.730. The molecule has 0 unspecified atom stereocenters. The van der Waals surface area contributed by atoms with E-state index in [0.717, 1.165) is 21.1 Å². The van der Waals surface area contributed by atoms with Crippen molar-refractivity contribution in [3.05, 3.63) is 28.8 Å².